The van der Waals surface area contributed by atoms with E-state index in [9.17, 15) is 4.79 Å². The number of benzene rings is 2. The molecular formula is C21H24NO2+. The lowest BCUT2D eigenvalue weighted by molar-refractivity contribution is -0.907. The molecule has 0 saturated carbocycles. The second-order valence-corrected chi connectivity index (χ2v) is 6.77. The molecular weight excluding hydrogens is 298 g/mol. The average molecular weight is 322 g/mol. The topological polar surface area (TPSA) is 34.7 Å². The van der Waals surface area contributed by atoms with Crippen molar-refractivity contribution in [3.05, 3.63) is 80.7 Å². The molecule has 0 aliphatic rings. The third-order valence-electron chi connectivity index (χ3n) is 4.64. The Morgan fingerprint density at radius 1 is 0.958 bits per heavy atom. The molecule has 0 fully saturated rings. The van der Waals surface area contributed by atoms with Crippen molar-refractivity contribution in [3.63, 3.8) is 0 Å². The molecule has 3 heteroatoms. The maximum Gasteiger partial charge on any atom is 0.336 e. The van der Waals surface area contributed by atoms with Gasteiger partial charge in [0.25, 0.3) is 0 Å². The van der Waals surface area contributed by atoms with Gasteiger partial charge in [0.05, 0.1) is 7.05 Å². The zero-order chi connectivity index (χ0) is 17.3. The molecule has 24 heavy (non-hydrogen) atoms. The van der Waals surface area contributed by atoms with Crippen LogP contribution in [0.3, 0.4) is 0 Å². The summed E-state index contributed by atoms with van der Waals surface area (Å²) in [6.45, 7) is 7.86. The van der Waals surface area contributed by atoms with Crippen LogP contribution in [-0.2, 0) is 13.1 Å². The number of aryl methyl sites for hydroxylation is 3. The Morgan fingerprint density at radius 3 is 2.38 bits per heavy atom. The third kappa shape index (κ3) is 3.41. The van der Waals surface area contributed by atoms with Crippen molar-refractivity contribution in [1.29, 1.82) is 0 Å². The summed E-state index contributed by atoms with van der Waals surface area (Å²) in [6, 6.07) is 14.4. The van der Waals surface area contributed by atoms with Gasteiger partial charge in [-0.3, -0.25) is 0 Å². The van der Waals surface area contributed by atoms with Gasteiger partial charge in [0.2, 0.25) is 0 Å². The van der Waals surface area contributed by atoms with Gasteiger partial charge in [-0.15, -0.1) is 0 Å². The maximum absolute atomic E-state index is 12.0. The summed E-state index contributed by atoms with van der Waals surface area (Å²) in [6.07, 6.45) is 0. The van der Waals surface area contributed by atoms with Gasteiger partial charge >= 0.3 is 5.63 Å². The van der Waals surface area contributed by atoms with E-state index in [1.807, 2.05) is 13.8 Å². The molecule has 0 radical (unpaired) electrons. The van der Waals surface area contributed by atoms with E-state index >= 15 is 0 Å². The SMILES string of the molecule is Cc1ccc(C[NH+](C)Cc2cc(=O)oc3c(C)c(C)ccc23)cc1. The number of quaternary nitrogens is 1. The van der Waals surface area contributed by atoms with Crippen molar-refractivity contribution < 1.29 is 9.32 Å². The summed E-state index contributed by atoms with van der Waals surface area (Å²) in [4.78, 5) is 13.3. The van der Waals surface area contributed by atoms with E-state index < -0.39 is 0 Å². The molecule has 0 bridgehead atoms. The van der Waals surface area contributed by atoms with Crippen molar-refractivity contribution in [3.8, 4) is 0 Å². The summed E-state index contributed by atoms with van der Waals surface area (Å²) in [7, 11) is 2.15. The minimum Gasteiger partial charge on any atom is -0.422 e. The van der Waals surface area contributed by atoms with Gasteiger partial charge in [0, 0.05) is 22.6 Å². The van der Waals surface area contributed by atoms with Crippen LogP contribution in [0.25, 0.3) is 11.0 Å². The number of hydrogen-bond donors (Lipinski definition) is 1. The molecule has 124 valence electrons. The van der Waals surface area contributed by atoms with Crippen molar-refractivity contribution in [2.24, 2.45) is 0 Å². The Balaban J connectivity index is 1.90. The smallest absolute Gasteiger partial charge is 0.336 e. The lowest BCUT2D eigenvalue weighted by atomic mass is 10.0. The number of hydrogen-bond acceptors (Lipinski definition) is 2. The van der Waals surface area contributed by atoms with Crippen LogP contribution in [0.1, 0.15) is 27.8 Å². The summed E-state index contributed by atoms with van der Waals surface area (Å²) in [5.74, 6) is 0. The Hall–Kier alpha value is -2.39. The van der Waals surface area contributed by atoms with E-state index in [0.717, 1.165) is 40.7 Å². The summed E-state index contributed by atoms with van der Waals surface area (Å²) in [5.41, 5.74) is 6.26. The minimum absolute atomic E-state index is 0.269. The van der Waals surface area contributed by atoms with Gasteiger partial charge < -0.3 is 9.32 Å². The highest BCUT2D eigenvalue weighted by Gasteiger charge is 2.13. The van der Waals surface area contributed by atoms with Gasteiger partial charge in [-0.25, -0.2) is 4.79 Å². The number of fused-ring (bicyclic) bond motifs is 1. The normalized spacial score (nSPS) is 12.5. The summed E-state index contributed by atoms with van der Waals surface area (Å²) in [5, 5.41) is 1.04. The second-order valence-electron chi connectivity index (χ2n) is 6.77. The minimum atomic E-state index is -0.269. The Morgan fingerprint density at radius 2 is 1.67 bits per heavy atom. The quantitative estimate of drug-likeness (QED) is 0.750. The fraction of sp³-hybridized carbons (Fsp3) is 0.286. The molecule has 1 heterocycles. The molecule has 1 aromatic heterocycles. The first-order valence-electron chi connectivity index (χ1n) is 8.34. The highest BCUT2D eigenvalue weighted by molar-refractivity contribution is 5.83. The molecule has 0 aliphatic heterocycles. The predicted octanol–water partition coefficient (Wildman–Crippen LogP) is 2.93. The first-order valence-corrected chi connectivity index (χ1v) is 8.34. The summed E-state index contributed by atoms with van der Waals surface area (Å²) < 4.78 is 5.46. The molecule has 3 aromatic rings. The van der Waals surface area contributed by atoms with E-state index in [2.05, 4.69) is 50.4 Å². The van der Waals surface area contributed by atoms with Gasteiger partial charge in [-0.05, 0) is 31.9 Å². The Kier molecular flexibility index (Phi) is 4.54. The average Bonchev–Trinajstić information content (AvgIpc) is 2.53. The number of rotatable bonds is 4. The fourth-order valence-electron chi connectivity index (χ4n) is 3.11. The van der Waals surface area contributed by atoms with Gasteiger partial charge in [0.1, 0.15) is 18.7 Å². The summed E-state index contributed by atoms with van der Waals surface area (Å²) >= 11 is 0. The molecule has 0 saturated heterocycles. The van der Waals surface area contributed by atoms with Crippen molar-refractivity contribution in [1.82, 2.24) is 0 Å². The van der Waals surface area contributed by atoms with E-state index in [1.54, 1.807) is 6.07 Å². The molecule has 1 unspecified atom stereocenters. The highest BCUT2D eigenvalue weighted by Crippen LogP contribution is 2.22. The molecule has 3 rings (SSSR count). The third-order valence-corrected chi connectivity index (χ3v) is 4.64. The standard InChI is InChI=1S/C21H23NO2/c1-14-5-8-17(9-6-14)12-22(4)13-18-11-20(23)24-21-16(3)15(2)7-10-19(18)21/h5-11H,12-13H2,1-4H3/p+1. The van der Waals surface area contributed by atoms with E-state index in [4.69, 9.17) is 4.42 Å². The van der Waals surface area contributed by atoms with Crippen LogP contribution in [0.5, 0.6) is 0 Å². The Bertz CT molecular complexity index is 923. The second kappa shape index (κ2) is 6.62. The van der Waals surface area contributed by atoms with Crippen LogP contribution in [0.15, 0.2) is 51.7 Å². The van der Waals surface area contributed by atoms with Crippen LogP contribution in [-0.4, -0.2) is 7.05 Å². The van der Waals surface area contributed by atoms with E-state index in [-0.39, 0.29) is 5.63 Å². The van der Waals surface area contributed by atoms with Gasteiger partial charge in [-0.2, -0.15) is 0 Å². The molecule has 0 aliphatic carbocycles. The van der Waals surface area contributed by atoms with E-state index in [1.165, 1.54) is 16.0 Å². The van der Waals surface area contributed by atoms with Crippen molar-refractivity contribution in [2.75, 3.05) is 7.05 Å². The lowest BCUT2D eigenvalue weighted by Crippen LogP contribution is -3.06. The monoisotopic (exact) mass is 322 g/mol. The Labute approximate surface area is 142 Å². The highest BCUT2D eigenvalue weighted by atomic mass is 16.4. The predicted molar refractivity (Wildman–Crippen MR) is 97.4 cm³/mol. The first-order chi connectivity index (χ1) is 11.4. The molecule has 3 nitrogen and oxygen atoms in total. The van der Waals surface area contributed by atoms with Crippen LogP contribution < -0.4 is 10.5 Å². The zero-order valence-electron chi connectivity index (χ0n) is 14.8. The van der Waals surface area contributed by atoms with Crippen LogP contribution in [0.2, 0.25) is 0 Å². The fourth-order valence-corrected chi connectivity index (χ4v) is 3.11. The molecule has 0 amide bonds. The van der Waals surface area contributed by atoms with Crippen LogP contribution >= 0.6 is 0 Å². The van der Waals surface area contributed by atoms with Crippen LogP contribution in [0.4, 0.5) is 0 Å². The van der Waals surface area contributed by atoms with Gasteiger partial charge in [0.15, 0.2) is 0 Å². The lowest BCUT2D eigenvalue weighted by Gasteiger charge is -2.16. The largest absolute Gasteiger partial charge is 0.422 e. The first kappa shape index (κ1) is 16.5. The van der Waals surface area contributed by atoms with Gasteiger partial charge in [-0.1, -0.05) is 42.0 Å². The van der Waals surface area contributed by atoms with E-state index in [0.29, 0.717) is 0 Å². The zero-order valence-corrected chi connectivity index (χ0v) is 14.8. The molecule has 1 N–H and O–H groups in total. The number of nitrogens with one attached hydrogen (secondary N) is 1. The maximum atomic E-state index is 12.0. The molecule has 1 atom stereocenters. The van der Waals surface area contributed by atoms with Crippen molar-refractivity contribution >= 4 is 11.0 Å². The molecule has 2 aromatic carbocycles. The van der Waals surface area contributed by atoms with Crippen molar-refractivity contribution in [2.45, 2.75) is 33.9 Å². The van der Waals surface area contributed by atoms with Crippen LogP contribution in [0, 0.1) is 20.8 Å². The molecule has 0 spiro atoms.